The maximum absolute atomic E-state index is 12.1. The summed E-state index contributed by atoms with van der Waals surface area (Å²) in [4.78, 5) is 26.5. The molecule has 0 aliphatic rings. The highest BCUT2D eigenvalue weighted by Gasteiger charge is 2.20. The van der Waals surface area contributed by atoms with Gasteiger partial charge in [-0.15, -0.1) is 9.78 Å². The third-order valence-corrected chi connectivity index (χ3v) is 4.24. The van der Waals surface area contributed by atoms with Crippen molar-refractivity contribution >= 4 is 40.9 Å². The minimum absolute atomic E-state index is 0.0507. The molecule has 12 heteroatoms. The lowest BCUT2D eigenvalue weighted by Gasteiger charge is -2.06. The highest BCUT2D eigenvalue weighted by atomic mass is 35.5. The largest absolute Gasteiger partial charge is 0.358 e. The number of anilines is 1. The molecule has 3 aromatic rings. The van der Waals surface area contributed by atoms with Crippen molar-refractivity contribution in [1.29, 1.82) is 0 Å². The van der Waals surface area contributed by atoms with Crippen LogP contribution in [0.3, 0.4) is 0 Å². The van der Waals surface area contributed by atoms with Crippen LogP contribution in [0, 0.1) is 17.0 Å². The Labute approximate surface area is 162 Å². The minimum atomic E-state index is -0.604. The molecular weight excluding hydrogens is 397 g/mol. The van der Waals surface area contributed by atoms with Gasteiger partial charge in [0.05, 0.1) is 18.3 Å². The summed E-state index contributed by atoms with van der Waals surface area (Å²) in [7, 11) is 0. The molecular formula is C15H13Cl2N7O3. The minimum Gasteiger partial charge on any atom is -0.358 e. The van der Waals surface area contributed by atoms with Crippen molar-refractivity contribution in [3.05, 3.63) is 62.0 Å². The van der Waals surface area contributed by atoms with Crippen LogP contribution in [0.1, 0.15) is 11.3 Å². The van der Waals surface area contributed by atoms with E-state index < -0.39 is 10.8 Å². The number of amides is 1. The third kappa shape index (κ3) is 4.41. The molecule has 0 saturated carbocycles. The second-order valence-corrected chi connectivity index (χ2v) is 6.39. The van der Waals surface area contributed by atoms with Crippen LogP contribution in [0.15, 0.2) is 30.6 Å². The summed E-state index contributed by atoms with van der Waals surface area (Å²) in [5.74, 6) is -0.765. The lowest BCUT2D eigenvalue weighted by Crippen LogP contribution is -2.21. The molecule has 1 aromatic carbocycles. The average molecular weight is 410 g/mol. The SMILES string of the molecule is Cc1cc([N+](=O)[O-])n(CC(=O)Nc2ncn(Cc3c(Cl)cccc3Cl)n2)n1. The normalized spacial score (nSPS) is 10.8. The van der Waals surface area contributed by atoms with Crippen LogP contribution in [0.5, 0.6) is 0 Å². The van der Waals surface area contributed by atoms with Crippen molar-refractivity contribution < 1.29 is 9.72 Å². The molecule has 0 unspecified atom stereocenters. The summed E-state index contributed by atoms with van der Waals surface area (Å²) in [6.07, 6.45) is 1.41. The Kier molecular flexibility index (Phi) is 5.38. The molecule has 10 nitrogen and oxygen atoms in total. The molecule has 0 bridgehead atoms. The Balaban J connectivity index is 1.67. The van der Waals surface area contributed by atoms with Crippen LogP contribution >= 0.6 is 23.2 Å². The highest BCUT2D eigenvalue weighted by Crippen LogP contribution is 2.24. The van der Waals surface area contributed by atoms with Crippen LogP contribution in [-0.4, -0.2) is 35.4 Å². The van der Waals surface area contributed by atoms with Crippen LogP contribution in [-0.2, 0) is 17.9 Å². The zero-order valence-electron chi connectivity index (χ0n) is 14.0. The predicted molar refractivity (Wildman–Crippen MR) is 97.8 cm³/mol. The van der Waals surface area contributed by atoms with Crippen LogP contribution in [0.2, 0.25) is 10.0 Å². The Morgan fingerprint density at radius 1 is 1.30 bits per heavy atom. The molecule has 0 fully saturated rings. The second kappa shape index (κ2) is 7.72. The van der Waals surface area contributed by atoms with Gasteiger partial charge in [0.2, 0.25) is 5.95 Å². The number of hydrogen-bond acceptors (Lipinski definition) is 6. The molecule has 2 aromatic heterocycles. The average Bonchev–Trinajstić information content (AvgIpc) is 3.17. The molecule has 140 valence electrons. The van der Waals surface area contributed by atoms with Gasteiger partial charge in [-0.3, -0.25) is 10.1 Å². The molecule has 1 N–H and O–H groups in total. The third-order valence-electron chi connectivity index (χ3n) is 3.53. The van der Waals surface area contributed by atoms with Gasteiger partial charge in [0.1, 0.15) is 6.33 Å². The molecule has 0 aliphatic carbocycles. The topological polar surface area (TPSA) is 121 Å². The first-order valence-corrected chi connectivity index (χ1v) is 8.40. The molecule has 0 atom stereocenters. The highest BCUT2D eigenvalue weighted by molar-refractivity contribution is 6.35. The fraction of sp³-hybridized carbons (Fsp3) is 0.200. The van der Waals surface area contributed by atoms with E-state index in [1.807, 2.05) is 0 Å². The van der Waals surface area contributed by atoms with Crippen molar-refractivity contribution in [3.63, 3.8) is 0 Å². The number of aromatic nitrogens is 5. The molecule has 0 spiro atoms. The van der Waals surface area contributed by atoms with Gasteiger partial charge in [-0.1, -0.05) is 34.4 Å². The summed E-state index contributed by atoms with van der Waals surface area (Å²) in [6, 6.07) is 6.44. The Morgan fingerprint density at radius 3 is 2.67 bits per heavy atom. The predicted octanol–water partition coefficient (Wildman–Crippen LogP) is 2.69. The van der Waals surface area contributed by atoms with Gasteiger partial charge < -0.3 is 10.1 Å². The van der Waals surface area contributed by atoms with E-state index in [0.29, 0.717) is 21.3 Å². The van der Waals surface area contributed by atoms with Crippen LogP contribution in [0.25, 0.3) is 0 Å². The number of nitro groups is 1. The van der Waals surface area contributed by atoms with E-state index in [9.17, 15) is 14.9 Å². The molecule has 0 saturated heterocycles. The van der Waals surface area contributed by atoms with Crippen molar-refractivity contribution in [2.45, 2.75) is 20.0 Å². The fourth-order valence-corrected chi connectivity index (χ4v) is 2.89. The fourth-order valence-electron chi connectivity index (χ4n) is 2.37. The summed E-state index contributed by atoms with van der Waals surface area (Å²) in [5.41, 5.74) is 1.11. The number of benzene rings is 1. The number of halogens is 2. The quantitative estimate of drug-likeness (QED) is 0.493. The van der Waals surface area contributed by atoms with Gasteiger partial charge in [-0.2, -0.15) is 0 Å². The Morgan fingerprint density at radius 2 is 2.00 bits per heavy atom. The number of hydrogen-bond donors (Lipinski definition) is 1. The van der Waals surface area contributed by atoms with Crippen molar-refractivity contribution in [2.75, 3.05) is 5.32 Å². The molecule has 1 amide bonds. The maximum atomic E-state index is 12.1. The van der Waals surface area contributed by atoms with Crippen molar-refractivity contribution in [3.8, 4) is 0 Å². The van der Waals surface area contributed by atoms with E-state index in [1.165, 1.54) is 17.1 Å². The van der Waals surface area contributed by atoms with E-state index in [1.54, 1.807) is 25.1 Å². The first-order chi connectivity index (χ1) is 12.8. The lowest BCUT2D eigenvalue weighted by atomic mass is 10.2. The Bertz CT molecular complexity index is 995. The van der Waals surface area contributed by atoms with Crippen LogP contribution < -0.4 is 5.32 Å². The van der Waals surface area contributed by atoms with Gasteiger partial charge in [0.15, 0.2) is 6.54 Å². The standard InChI is InChI=1S/C15H13Cl2N7O3/c1-9-5-14(24(26)27)23(20-9)7-13(25)19-15-18-8-22(21-15)6-10-11(16)3-2-4-12(10)17/h2-5,8H,6-7H2,1H3,(H,19,21,25). The zero-order chi connectivity index (χ0) is 19.6. The van der Waals surface area contributed by atoms with Gasteiger partial charge in [-0.25, -0.2) is 9.67 Å². The van der Waals surface area contributed by atoms with E-state index in [0.717, 1.165) is 4.68 Å². The van der Waals surface area contributed by atoms with Gasteiger partial charge in [0.25, 0.3) is 5.91 Å². The first kappa shape index (κ1) is 18.8. The number of nitrogens with zero attached hydrogens (tertiary/aromatic N) is 6. The zero-order valence-corrected chi connectivity index (χ0v) is 15.5. The van der Waals surface area contributed by atoms with E-state index in [-0.39, 0.29) is 24.9 Å². The summed E-state index contributed by atoms with van der Waals surface area (Å²) < 4.78 is 2.47. The van der Waals surface area contributed by atoms with Gasteiger partial charge >= 0.3 is 5.82 Å². The number of nitrogens with one attached hydrogen (secondary N) is 1. The van der Waals surface area contributed by atoms with E-state index >= 15 is 0 Å². The number of aryl methyl sites for hydroxylation is 1. The van der Waals surface area contributed by atoms with Crippen LogP contribution in [0.4, 0.5) is 11.8 Å². The molecule has 2 heterocycles. The van der Waals surface area contributed by atoms with Crippen molar-refractivity contribution in [1.82, 2.24) is 24.5 Å². The summed E-state index contributed by atoms with van der Waals surface area (Å²) >= 11 is 12.2. The van der Waals surface area contributed by atoms with Crippen molar-refractivity contribution in [2.24, 2.45) is 0 Å². The number of carbonyl (C=O) groups is 1. The number of rotatable bonds is 6. The molecule has 3 rings (SSSR count). The molecule has 0 aliphatic heterocycles. The Hall–Kier alpha value is -2.98. The maximum Gasteiger partial charge on any atom is 0.345 e. The lowest BCUT2D eigenvalue weighted by molar-refractivity contribution is -0.392. The second-order valence-electron chi connectivity index (χ2n) is 5.57. The molecule has 27 heavy (non-hydrogen) atoms. The first-order valence-electron chi connectivity index (χ1n) is 7.64. The van der Waals surface area contributed by atoms with Gasteiger partial charge in [0, 0.05) is 15.6 Å². The smallest absolute Gasteiger partial charge is 0.345 e. The summed E-state index contributed by atoms with van der Waals surface area (Å²) in [6.45, 7) is 1.53. The summed E-state index contributed by atoms with van der Waals surface area (Å²) in [5, 5.41) is 22.5. The molecule has 0 radical (unpaired) electrons. The monoisotopic (exact) mass is 409 g/mol. The van der Waals surface area contributed by atoms with Gasteiger partial charge in [-0.05, 0) is 24.0 Å². The number of carbonyl (C=O) groups excluding carboxylic acids is 1. The van der Waals surface area contributed by atoms with E-state index in [4.69, 9.17) is 23.2 Å². The van der Waals surface area contributed by atoms with E-state index in [2.05, 4.69) is 20.5 Å².